The maximum Gasteiger partial charge on any atom is 0.433 e. The van der Waals surface area contributed by atoms with E-state index in [4.69, 9.17) is 4.74 Å². The van der Waals surface area contributed by atoms with Crippen LogP contribution in [0.2, 0.25) is 0 Å². The van der Waals surface area contributed by atoms with Crippen molar-refractivity contribution in [2.75, 3.05) is 24.7 Å². The lowest BCUT2D eigenvalue weighted by atomic mass is 10.1. The van der Waals surface area contributed by atoms with Gasteiger partial charge in [-0.2, -0.15) is 17.6 Å². The largest absolute Gasteiger partial charge is 0.474 e. The number of nitrogens with zero attached hydrogens (tertiary/aromatic N) is 7. The Kier molecular flexibility index (Phi) is 5.40. The van der Waals surface area contributed by atoms with E-state index >= 15 is 0 Å². The van der Waals surface area contributed by atoms with Gasteiger partial charge in [0.1, 0.15) is 17.8 Å². The van der Waals surface area contributed by atoms with Gasteiger partial charge in [-0.3, -0.25) is 4.79 Å². The smallest absolute Gasteiger partial charge is 0.433 e. The van der Waals surface area contributed by atoms with E-state index in [-0.39, 0.29) is 25.8 Å². The molecular weight excluding hydrogens is 470 g/mol. The van der Waals surface area contributed by atoms with Crippen molar-refractivity contribution in [1.29, 1.82) is 0 Å². The van der Waals surface area contributed by atoms with Crippen LogP contribution in [0.5, 0.6) is 5.88 Å². The molecule has 1 atom stereocenters. The first-order chi connectivity index (χ1) is 16.3. The van der Waals surface area contributed by atoms with Crippen LogP contribution < -0.4 is 9.64 Å². The van der Waals surface area contributed by atoms with Gasteiger partial charge in [0.05, 0.1) is 18.3 Å². The van der Waals surface area contributed by atoms with Gasteiger partial charge in [-0.05, 0) is 49.5 Å². The third kappa shape index (κ3) is 3.83. The highest BCUT2D eigenvalue weighted by atomic mass is 31.1. The van der Waals surface area contributed by atoms with E-state index in [0.717, 1.165) is 11.6 Å². The van der Waals surface area contributed by atoms with Crippen molar-refractivity contribution >= 4 is 31.4 Å². The summed E-state index contributed by atoms with van der Waals surface area (Å²) in [6.07, 6.45) is -3.27. The zero-order chi connectivity index (χ0) is 24.0. The molecule has 4 heterocycles. The second-order valence-electron chi connectivity index (χ2n) is 7.48. The number of alkyl halides is 3. The van der Waals surface area contributed by atoms with Crippen molar-refractivity contribution in [1.82, 2.24) is 29.7 Å². The molecule has 1 aromatic carbocycles. The SMILES string of the molecule is CPn1nnc2c1OCCN(c1ccc(-c3ncc4nc(C(F)(F)F)ccc4n3)cc1C)C2=O. The van der Waals surface area contributed by atoms with Crippen LogP contribution in [0.15, 0.2) is 36.5 Å². The van der Waals surface area contributed by atoms with E-state index in [1.165, 1.54) is 12.3 Å². The highest BCUT2D eigenvalue weighted by molar-refractivity contribution is 7.35. The predicted octanol–water partition coefficient (Wildman–Crippen LogP) is 3.72. The number of aromatic nitrogens is 6. The van der Waals surface area contributed by atoms with Gasteiger partial charge >= 0.3 is 6.18 Å². The lowest BCUT2D eigenvalue weighted by molar-refractivity contribution is -0.140. The van der Waals surface area contributed by atoms with Crippen LogP contribution in [-0.2, 0) is 6.18 Å². The maximum atomic E-state index is 13.1. The molecule has 0 N–H and O–H groups in total. The van der Waals surface area contributed by atoms with E-state index in [0.29, 0.717) is 41.6 Å². The molecule has 34 heavy (non-hydrogen) atoms. The van der Waals surface area contributed by atoms with Gasteiger partial charge in [0, 0.05) is 20.0 Å². The third-order valence-corrected chi connectivity index (χ3v) is 6.03. The second kappa shape index (κ2) is 8.28. The number of carbonyl (C=O) groups excluding carboxylic acids is 1. The summed E-state index contributed by atoms with van der Waals surface area (Å²) in [5.41, 5.74) is 1.64. The molecule has 0 radical (unpaired) electrons. The fourth-order valence-electron chi connectivity index (χ4n) is 3.69. The Morgan fingerprint density at radius 1 is 1.12 bits per heavy atom. The van der Waals surface area contributed by atoms with Crippen molar-refractivity contribution in [3.63, 3.8) is 0 Å². The molecule has 174 valence electrons. The average molecular weight is 487 g/mol. The molecule has 0 aliphatic carbocycles. The first-order valence-electron chi connectivity index (χ1n) is 10.2. The van der Waals surface area contributed by atoms with Gasteiger partial charge in [-0.1, -0.05) is 5.21 Å². The number of fused-ring (bicyclic) bond motifs is 2. The lowest BCUT2D eigenvalue weighted by Crippen LogP contribution is -2.33. The standard InChI is InChI=1S/C21H17F3N7O2P/c1-11-9-12(18-25-10-14-13(27-18)4-6-16(26-14)21(22,23)24)3-5-15(11)30-7-8-33-20-17(19(30)32)28-29-31(20)34-2/h3-6,9-10,34H,7-8H2,1-2H3. The van der Waals surface area contributed by atoms with Crippen molar-refractivity contribution in [3.05, 3.63) is 53.5 Å². The summed E-state index contributed by atoms with van der Waals surface area (Å²) in [5, 5.41) is 7.98. The van der Waals surface area contributed by atoms with E-state index in [1.807, 2.05) is 19.7 Å². The quantitative estimate of drug-likeness (QED) is 0.406. The molecule has 13 heteroatoms. The number of halogens is 3. The molecule has 0 spiro atoms. The van der Waals surface area contributed by atoms with Gasteiger partial charge in [-0.25, -0.2) is 15.0 Å². The zero-order valence-corrected chi connectivity index (χ0v) is 19.0. The highest BCUT2D eigenvalue weighted by Gasteiger charge is 2.33. The summed E-state index contributed by atoms with van der Waals surface area (Å²) >= 11 is 0. The van der Waals surface area contributed by atoms with Gasteiger partial charge < -0.3 is 9.64 Å². The number of anilines is 1. The van der Waals surface area contributed by atoms with Crippen molar-refractivity contribution in [2.45, 2.75) is 13.1 Å². The molecule has 3 aromatic heterocycles. The van der Waals surface area contributed by atoms with Crippen LogP contribution in [0, 0.1) is 6.92 Å². The van der Waals surface area contributed by atoms with Crippen LogP contribution in [0.1, 0.15) is 21.7 Å². The number of aryl methyl sites for hydroxylation is 1. The Morgan fingerprint density at radius 2 is 1.94 bits per heavy atom. The van der Waals surface area contributed by atoms with Crippen LogP contribution in [0.4, 0.5) is 18.9 Å². The molecule has 4 aromatic rings. The summed E-state index contributed by atoms with van der Waals surface area (Å²) in [7, 11) is 0.281. The summed E-state index contributed by atoms with van der Waals surface area (Å²) in [5.74, 6) is 0.402. The Bertz CT molecular complexity index is 1420. The number of benzene rings is 1. The number of ether oxygens (including phenoxy) is 1. The molecule has 1 aliphatic heterocycles. The van der Waals surface area contributed by atoms with Crippen LogP contribution in [-0.4, -0.2) is 55.4 Å². The number of carbonyl (C=O) groups is 1. The molecule has 0 bridgehead atoms. The Balaban J connectivity index is 1.47. The topological polar surface area (TPSA) is 98.9 Å². The predicted molar refractivity (Wildman–Crippen MR) is 119 cm³/mol. The van der Waals surface area contributed by atoms with Crippen LogP contribution >= 0.6 is 8.73 Å². The first kappa shape index (κ1) is 22.1. The Hall–Kier alpha value is -3.66. The average Bonchev–Trinajstić information content (AvgIpc) is 3.16. The molecule has 0 saturated carbocycles. The lowest BCUT2D eigenvalue weighted by Gasteiger charge is -2.21. The Morgan fingerprint density at radius 3 is 2.68 bits per heavy atom. The van der Waals surface area contributed by atoms with Crippen LogP contribution in [0.25, 0.3) is 22.4 Å². The van der Waals surface area contributed by atoms with E-state index in [2.05, 4.69) is 25.3 Å². The molecule has 1 aliphatic rings. The minimum atomic E-state index is -4.54. The van der Waals surface area contributed by atoms with Gasteiger partial charge in [0.2, 0.25) is 11.6 Å². The van der Waals surface area contributed by atoms with E-state index < -0.39 is 11.9 Å². The number of hydrogen-bond donors (Lipinski definition) is 0. The zero-order valence-electron chi connectivity index (χ0n) is 18.0. The van der Waals surface area contributed by atoms with Crippen LogP contribution in [0.3, 0.4) is 0 Å². The highest BCUT2D eigenvalue weighted by Crippen LogP contribution is 2.32. The normalized spacial score (nSPS) is 14.5. The second-order valence-corrected chi connectivity index (χ2v) is 8.35. The number of amides is 1. The number of pyridine rings is 1. The molecule has 1 unspecified atom stereocenters. The number of hydrogen-bond acceptors (Lipinski definition) is 7. The van der Waals surface area contributed by atoms with E-state index in [1.54, 1.807) is 21.5 Å². The monoisotopic (exact) mass is 487 g/mol. The van der Waals surface area contributed by atoms with Crippen molar-refractivity contribution in [3.8, 4) is 17.3 Å². The van der Waals surface area contributed by atoms with Gasteiger partial charge in [-0.15, -0.1) is 5.10 Å². The fourth-order valence-corrected chi connectivity index (χ4v) is 4.20. The van der Waals surface area contributed by atoms with Crippen molar-refractivity contribution < 1.29 is 22.7 Å². The van der Waals surface area contributed by atoms with Gasteiger partial charge in [0.25, 0.3) is 5.91 Å². The molecule has 5 rings (SSSR count). The minimum Gasteiger partial charge on any atom is -0.474 e. The molecular formula is C21H17F3N7O2P. The third-order valence-electron chi connectivity index (χ3n) is 5.32. The first-order valence-corrected chi connectivity index (χ1v) is 11.6. The fraction of sp³-hybridized carbons (Fsp3) is 0.238. The molecule has 1 amide bonds. The summed E-state index contributed by atoms with van der Waals surface area (Å²) in [6.45, 7) is 4.39. The summed E-state index contributed by atoms with van der Waals surface area (Å²) in [6, 6.07) is 7.51. The Labute approximate surface area is 192 Å². The van der Waals surface area contributed by atoms with Gasteiger partial charge in [0.15, 0.2) is 5.82 Å². The molecule has 0 fully saturated rings. The minimum absolute atomic E-state index is 0.0543. The molecule has 9 nitrogen and oxygen atoms in total. The summed E-state index contributed by atoms with van der Waals surface area (Å²) in [4.78, 5) is 26.9. The maximum absolute atomic E-state index is 13.1. The van der Waals surface area contributed by atoms with Crippen molar-refractivity contribution in [2.24, 2.45) is 0 Å². The number of rotatable bonds is 3. The molecule has 0 saturated heterocycles. The summed E-state index contributed by atoms with van der Waals surface area (Å²) < 4.78 is 46.0. The van der Waals surface area contributed by atoms with E-state index in [9.17, 15) is 18.0 Å².